The van der Waals surface area contributed by atoms with Crippen molar-refractivity contribution < 1.29 is 9.90 Å². The number of aliphatic hydroxyl groups excluding tert-OH is 1. The molecule has 1 heterocycles. The van der Waals surface area contributed by atoms with Gasteiger partial charge < -0.3 is 10.1 Å². The van der Waals surface area contributed by atoms with Crippen LogP contribution in [0.3, 0.4) is 0 Å². The van der Waals surface area contributed by atoms with Crippen LogP contribution in [0.2, 0.25) is 0 Å². The predicted molar refractivity (Wildman–Crippen MR) is 67.9 cm³/mol. The van der Waals surface area contributed by atoms with Gasteiger partial charge >= 0.3 is 0 Å². The predicted octanol–water partition coefficient (Wildman–Crippen LogP) is 2.30. The van der Waals surface area contributed by atoms with Gasteiger partial charge in [-0.05, 0) is 17.5 Å². The molecule has 1 atom stereocenters. The van der Waals surface area contributed by atoms with E-state index in [0.29, 0.717) is 0 Å². The van der Waals surface area contributed by atoms with E-state index in [9.17, 15) is 9.90 Å². The summed E-state index contributed by atoms with van der Waals surface area (Å²) < 4.78 is 0. The molecular weight excluding hydrogens is 214 g/mol. The summed E-state index contributed by atoms with van der Waals surface area (Å²) in [7, 11) is 0. The van der Waals surface area contributed by atoms with E-state index in [0.717, 1.165) is 16.5 Å². The van der Waals surface area contributed by atoms with Crippen molar-refractivity contribution in [2.24, 2.45) is 5.92 Å². The molecule has 0 saturated carbocycles. The lowest BCUT2D eigenvalue weighted by Crippen LogP contribution is -2.27. The summed E-state index contributed by atoms with van der Waals surface area (Å²) >= 11 is 0. The minimum atomic E-state index is -0.872. The molecule has 2 aromatic rings. The quantitative estimate of drug-likeness (QED) is 0.848. The van der Waals surface area contributed by atoms with Crippen molar-refractivity contribution in [3.63, 3.8) is 0 Å². The van der Waals surface area contributed by atoms with Crippen LogP contribution in [0.25, 0.3) is 10.9 Å². The average Bonchev–Trinajstić information content (AvgIpc) is 2.71. The Morgan fingerprint density at radius 2 is 2.06 bits per heavy atom. The number of carbonyl (C=O) groups is 1. The van der Waals surface area contributed by atoms with Crippen molar-refractivity contribution in [2.75, 3.05) is 0 Å². The van der Waals surface area contributed by atoms with Crippen LogP contribution in [-0.4, -0.2) is 22.0 Å². The van der Waals surface area contributed by atoms with E-state index >= 15 is 0 Å². The Morgan fingerprint density at radius 3 is 2.76 bits per heavy atom. The van der Waals surface area contributed by atoms with Crippen LogP contribution >= 0.6 is 0 Å². The zero-order chi connectivity index (χ0) is 12.4. The van der Waals surface area contributed by atoms with E-state index < -0.39 is 6.10 Å². The highest BCUT2D eigenvalue weighted by Crippen LogP contribution is 2.19. The number of aliphatic hydroxyl groups is 1. The minimum absolute atomic E-state index is 0.0345. The zero-order valence-electron chi connectivity index (χ0n) is 10.1. The highest BCUT2D eigenvalue weighted by molar-refractivity contribution is 5.91. The number of ketones is 1. The Kier molecular flexibility index (Phi) is 3.29. The monoisotopic (exact) mass is 231 g/mol. The summed E-state index contributed by atoms with van der Waals surface area (Å²) in [6.07, 6.45) is 1.25. The van der Waals surface area contributed by atoms with Crippen LogP contribution in [0, 0.1) is 5.92 Å². The van der Waals surface area contributed by atoms with E-state index in [1.807, 2.05) is 44.3 Å². The third-order valence-electron chi connectivity index (χ3n) is 3.00. The van der Waals surface area contributed by atoms with Crippen LogP contribution in [0.15, 0.2) is 30.5 Å². The number of aromatic nitrogens is 1. The molecule has 0 bridgehead atoms. The number of para-hydroxylation sites is 1. The number of nitrogens with one attached hydrogen (secondary N) is 1. The standard InChI is InChI=1S/C14H17NO2/c1-9(2)14(17)13(16)7-10-8-15-12-6-4-3-5-11(10)12/h3-6,8-9,14-15,17H,7H2,1-2H3. The Bertz CT molecular complexity index is 528. The third kappa shape index (κ3) is 2.39. The van der Waals surface area contributed by atoms with E-state index in [1.165, 1.54) is 0 Å². The smallest absolute Gasteiger partial charge is 0.165 e. The summed E-state index contributed by atoms with van der Waals surface area (Å²) in [4.78, 5) is 15.0. The first kappa shape index (κ1) is 11.9. The van der Waals surface area contributed by atoms with Crippen molar-refractivity contribution >= 4 is 16.7 Å². The summed E-state index contributed by atoms with van der Waals surface area (Å²) in [5.74, 6) is -0.155. The molecule has 2 rings (SSSR count). The van der Waals surface area contributed by atoms with Gasteiger partial charge in [0.1, 0.15) is 6.10 Å². The number of benzene rings is 1. The van der Waals surface area contributed by atoms with Crippen molar-refractivity contribution in [2.45, 2.75) is 26.4 Å². The maximum atomic E-state index is 11.8. The molecule has 90 valence electrons. The van der Waals surface area contributed by atoms with Gasteiger partial charge in [-0.15, -0.1) is 0 Å². The average molecular weight is 231 g/mol. The van der Waals surface area contributed by atoms with E-state index in [4.69, 9.17) is 0 Å². The van der Waals surface area contributed by atoms with Gasteiger partial charge in [-0.1, -0.05) is 32.0 Å². The molecule has 1 aromatic heterocycles. The number of hydrogen-bond acceptors (Lipinski definition) is 2. The van der Waals surface area contributed by atoms with Gasteiger partial charge in [-0.2, -0.15) is 0 Å². The number of Topliss-reactive ketones (excluding diaryl/α,β-unsaturated/α-hetero) is 1. The molecule has 0 aliphatic heterocycles. The molecule has 0 aliphatic rings. The van der Waals surface area contributed by atoms with Crippen molar-refractivity contribution in [1.82, 2.24) is 4.98 Å². The molecule has 17 heavy (non-hydrogen) atoms. The van der Waals surface area contributed by atoms with Crippen LogP contribution in [0.4, 0.5) is 0 Å². The molecule has 1 unspecified atom stereocenters. The first-order chi connectivity index (χ1) is 8.09. The van der Waals surface area contributed by atoms with Crippen LogP contribution in [-0.2, 0) is 11.2 Å². The van der Waals surface area contributed by atoms with E-state index in [1.54, 1.807) is 0 Å². The van der Waals surface area contributed by atoms with Gasteiger partial charge in [0.05, 0.1) is 0 Å². The molecular formula is C14H17NO2. The third-order valence-corrected chi connectivity index (χ3v) is 3.00. The van der Waals surface area contributed by atoms with Crippen LogP contribution in [0.5, 0.6) is 0 Å². The molecule has 0 aliphatic carbocycles. The molecule has 0 spiro atoms. The van der Waals surface area contributed by atoms with Gasteiger partial charge in [0.25, 0.3) is 0 Å². The number of fused-ring (bicyclic) bond motifs is 1. The molecule has 3 nitrogen and oxygen atoms in total. The molecule has 2 N–H and O–H groups in total. The lowest BCUT2D eigenvalue weighted by atomic mass is 9.98. The number of aromatic amines is 1. The van der Waals surface area contributed by atoms with E-state index in [-0.39, 0.29) is 18.1 Å². The fourth-order valence-corrected chi connectivity index (χ4v) is 1.94. The molecule has 0 amide bonds. The van der Waals surface area contributed by atoms with Crippen molar-refractivity contribution in [1.29, 1.82) is 0 Å². The molecule has 1 aromatic carbocycles. The SMILES string of the molecule is CC(C)C(O)C(=O)Cc1c[nH]c2ccccc12. The summed E-state index contributed by atoms with van der Waals surface area (Å²) in [6.45, 7) is 3.69. The van der Waals surface area contributed by atoms with Gasteiger partial charge in [-0.3, -0.25) is 4.79 Å². The first-order valence-electron chi connectivity index (χ1n) is 5.85. The lowest BCUT2D eigenvalue weighted by Gasteiger charge is -2.12. The topological polar surface area (TPSA) is 53.1 Å². The summed E-state index contributed by atoms with van der Waals surface area (Å²) in [6, 6.07) is 7.86. The second kappa shape index (κ2) is 4.72. The Morgan fingerprint density at radius 1 is 1.35 bits per heavy atom. The number of carbonyl (C=O) groups excluding carboxylic acids is 1. The minimum Gasteiger partial charge on any atom is -0.385 e. The fraction of sp³-hybridized carbons (Fsp3) is 0.357. The van der Waals surface area contributed by atoms with Gasteiger partial charge in [0, 0.05) is 23.5 Å². The van der Waals surface area contributed by atoms with Crippen molar-refractivity contribution in [3.8, 4) is 0 Å². The molecule has 0 saturated heterocycles. The summed E-state index contributed by atoms with van der Waals surface area (Å²) in [5, 5.41) is 10.8. The Balaban J connectivity index is 2.22. The number of H-pyrrole nitrogens is 1. The van der Waals surface area contributed by atoms with Gasteiger partial charge in [0.2, 0.25) is 0 Å². The summed E-state index contributed by atoms with van der Waals surface area (Å²) in [5.41, 5.74) is 1.97. The second-order valence-electron chi connectivity index (χ2n) is 4.69. The van der Waals surface area contributed by atoms with Crippen LogP contribution in [0.1, 0.15) is 19.4 Å². The zero-order valence-corrected chi connectivity index (χ0v) is 10.1. The Labute approximate surface area is 100 Å². The molecule has 0 fully saturated rings. The highest BCUT2D eigenvalue weighted by Gasteiger charge is 2.19. The maximum absolute atomic E-state index is 11.8. The first-order valence-corrected chi connectivity index (χ1v) is 5.85. The second-order valence-corrected chi connectivity index (χ2v) is 4.69. The Hall–Kier alpha value is -1.61. The largest absolute Gasteiger partial charge is 0.385 e. The van der Waals surface area contributed by atoms with E-state index in [2.05, 4.69) is 4.98 Å². The number of rotatable bonds is 4. The molecule has 0 radical (unpaired) electrons. The molecule has 3 heteroatoms. The fourth-order valence-electron chi connectivity index (χ4n) is 1.94. The lowest BCUT2D eigenvalue weighted by molar-refractivity contribution is -0.128. The van der Waals surface area contributed by atoms with Gasteiger partial charge in [0.15, 0.2) is 5.78 Å². The normalized spacial score (nSPS) is 13.2. The number of hydrogen-bond donors (Lipinski definition) is 2. The highest BCUT2D eigenvalue weighted by atomic mass is 16.3. The maximum Gasteiger partial charge on any atom is 0.165 e. The van der Waals surface area contributed by atoms with Gasteiger partial charge in [-0.25, -0.2) is 0 Å². The van der Waals surface area contributed by atoms with Crippen LogP contribution < -0.4 is 0 Å². The van der Waals surface area contributed by atoms with Crippen molar-refractivity contribution in [3.05, 3.63) is 36.0 Å².